The van der Waals surface area contributed by atoms with Crippen LogP contribution in [-0.4, -0.2) is 0 Å². The molecule has 0 amide bonds. The van der Waals surface area contributed by atoms with Crippen molar-refractivity contribution in [1.29, 1.82) is 0 Å². The topological polar surface area (TPSA) is 0 Å². The molecule has 1 aromatic carbocycles. The molecule has 0 aliphatic heterocycles. The van der Waals surface area contributed by atoms with Crippen molar-refractivity contribution in [3.8, 4) is 0 Å². The highest BCUT2D eigenvalue weighted by atomic mass is 79.9. The van der Waals surface area contributed by atoms with Gasteiger partial charge in [-0.05, 0) is 67.6 Å². The van der Waals surface area contributed by atoms with Gasteiger partial charge in [0.15, 0.2) is 0 Å². The van der Waals surface area contributed by atoms with Gasteiger partial charge in [-0.15, -0.1) is 11.3 Å². The summed E-state index contributed by atoms with van der Waals surface area (Å²) in [5.41, 5.74) is 3.53. The molecule has 1 atom stereocenters. The molecule has 17 heavy (non-hydrogen) atoms. The van der Waals surface area contributed by atoms with E-state index in [0.29, 0.717) is 0 Å². The Bertz CT molecular complexity index is 551. The summed E-state index contributed by atoms with van der Waals surface area (Å²) >= 11 is 18.6. The van der Waals surface area contributed by atoms with Gasteiger partial charge in [0.05, 0.1) is 12.4 Å². The van der Waals surface area contributed by atoms with Gasteiger partial charge in [-0.1, -0.05) is 39.7 Å². The lowest BCUT2D eigenvalue weighted by Crippen LogP contribution is -1.95. The standard InChI is InChI=1S/C12H8Br3ClS/c1-6-7(3-2-4-9(6)16)11(14)8-5-10(13)17-12(8)15/h2-5,11H,1H3. The van der Waals surface area contributed by atoms with Gasteiger partial charge in [0.25, 0.3) is 0 Å². The van der Waals surface area contributed by atoms with Gasteiger partial charge in [0, 0.05) is 5.02 Å². The third-order valence-corrected chi connectivity index (χ3v) is 6.32. The molecule has 0 radical (unpaired) electrons. The van der Waals surface area contributed by atoms with Crippen LogP contribution >= 0.6 is 70.7 Å². The van der Waals surface area contributed by atoms with Crippen molar-refractivity contribution in [2.45, 2.75) is 11.8 Å². The first-order valence-electron chi connectivity index (χ1n) is 4.84. The van der Waals surface area contributed by atoms with Crippen LogP contribution < -0.4 is 0 Å². The second-order valence-electron chi connectivity index (χ2n) is 3.60. The van der Waals surface area contributed by atoms with Crippen LogP contribution in [0.4, 0.5) is 0 Å². The van der Waals surface area contributed by atoms with Crippen molar-refractivity contribution < 1.29 is 0 Å². The van der Waals surface area contributed by atoms with Crippen LogP contribution in [0.1, 0.15) is 21.5 Å². The lowest BCUT2D eigenvalue weighted by Gasteiger charge is -2.13. The summed E-state index contributed by atoms with van der Waals surface area (Å²) in [7, 11) is 0. The minimum Gasteiger partial charge on any atom is -0.121 e. The first-order chi connectivity index (χ1) is 8.00. The molecule has 0 saturated heterocycles. The van der Waals surface area contributed by atoms with Crippen LogP contribution in [-0.2, 0) is 0 Å². The van der Waals surface area contributed by atoms with Crippen LogP contribution in [0.15, 0.2) is 31.8 Å². The Hall–Kier alpha value is 0.650. The second-order valence-corrected chi connectivity index (χ2v) is 8.67. The smallest absolute Gasteiger partial charge is 0.0757 e. The van der Waals surface area contributed by atoms with Gasteiger partial charge >= 0.3 is 0 Å². The third-order valence-electron chi connectivity index (χ3n) is 2.54. The fourth-order valence-electron chi connectivity index (χ4n) is 1.59. The van der Waals surface area contributed by atoms with Crippen molar-refractivity contribution in [3.63, 3.8) is 0 Å². The summed E-state index contributed by atoms with van der Waals surface area (Å²) in [6, 6.07) is 8.11. The number of thiophene rings is 1. The number of benzene rings is 1. The summed E-state index contributed by atoms with van der Waals surface area (Å²) in [6.45, 7) is 2.04. The molecular weight excluding hydrogens is 451 g/mol. The van der Waals surface area contributed by atoms with E-state index in [-0.39, 0.29) is 4.83 Å². The van der Waals surface area contributed by atoms with Gasteiger partial charge in [-0.25, -0.2) is 0 Å². The zero-order valence-corrected chi connectivity index (χ0v) is 15.1. The lowest BCUT2D eigenvalue weighted by atomic mass is 10.0. The predicted octanol–water partition coefficient (Wildman–Crippen LogP) is 6.72. The fraction of sp³-hybridized carbons (Fsp3) is 0.167. The van der Waals surface area contributed by atoms with E-state index in [1.807, 2.05) is 19.1 Å². The number of alkyl halides is 1. The zero-order chi connectivity index (χ0) is 12.6. The van der Waals surface area contributed by atoms with Gasteiger partial charge in [-0.3, -0.25) is 0 Å². The quantitative estimate of drug-likeness (QED) is 0.438. The molecule has 90 valence electrons. The Morgan fingerprint density at radius 1 is 1.24 bits per heavy atom. The number of hydrogen-bond acceptors (Lipinski definition) is 1. The molecule has 0 spiro atoms. The normalized spacial score (nSPS) is 12.8. The fourth-order valence-corrected chi connectivity index (χ4v) is 5.99. The third kappa shape index (κ3) is 2.98. The summed E-state index contributed by atoms with van der Waals surface area (Å²) in [5, 5.41) is 0.803. The van der Waals surface area contributed by atoms with Crippen molar-refractivity contribution in [1.82, 2.24) is 0 Å². The molecule has 0 nitrogen and oxygen atoms in total. The average molecular weight is 459 g/mol. The van der Waals surface area contributed by atoms with Crippen LogP contribution in [0.2, 0.25) is 5.02 Å². The molecule has 2 rings (SSSR count). The van der Waals surface area contributed by atoms with Crippen LogP contribution in [0.5, 0.6) is 0 Å². The van der Waals surface area contributed by atoms with E-state index in [4.69, 9.17) is 11.6 Å². The first-order valence-corrected chi connectivity index (χ1v) is 8.54. The van der Waals surface area contributed by atoms with Crippen LogP contribution in [0, 0.1) is 6.92 Å². The second kappa shape index (κ2) is 5.74. The molecule has 0 aliphatic carbocycles. The van der Waals surface area contributed by atoms with Crippen molar-refractivity contribution in [3.05, 3.63) is 53.6 Å². The Kier molecular flexibility index (Phi) is 4.75. The van der Waals surface area contributed by atoms with E-state index in [9.17, 15) is 0 Å². The SMILES string of the molecule is Cc1c(Cl)cccc1C(Br)c1cc(Br)sc1Br. The average Bonchev–Trinajstić information content (AvgIpc) is 2.61. The van der Waals surface area contributed by atoms with Gasteiger partial charge in [0.1, 0.15) is 0 Å². The monoisotopic (exact) mass is 456 g/mol. The van der Waals surface area contributed by atoms with Crippen LogP contribution in [0.25, 0.3) is 0 Å². The van der Waals surface area contributed by atoms with Crippen molar-refractivity contribution in [2.75, 3.05) is 0 Å². The Balaban J connectivity index is 2.47. The van der Waals surface area contributed by atoms with E-state index in [1.54, 1.807) is 11.3 Å². The molecule has 1 heterocycles. The molecule has 0 bridgehead atoms. The van der Waals surface area contributed by atoms with Crippen molar-refractivity contribution in [2.24, 2.45) is 0 Å². The van der Waals surface area contributed by atoms with E-state index < -0.39 is 0 Å². The van der Waals surface area contributed by atoms with E-state index in [0.717, 1.165) is 18.2 Å². The van der Waals surface area contributed by atoms with Gasteiger partial charge in [0.2, 0.25) is 0 Å². The molecule has 0 aliphatic rings. The number of rotatable bonds is 2. The lowest BCUT2D eigenvalue weighted by molar-refractivity contribution is 1.15. The molecule has 1 unspecified atom stereocenters. The summed E-state index contributed by atoms with van der Waals surface area (Å²) in [6.07, 6.45) is 0. The molecule has 5 heteroatoms. The Morgan fingerprint density at radius 3 is 2.53 bits per heavy atom. The minimum absolute atomic E-state index is 0.151. The molecular formula is C12H8Br3ClS. The highest BCUT2D eigenvalue weighted by Crippen LogP contribution is 2.43. The van der Waals surface area contributed by atoms with Gasteiger partial charge in [-0.2, -0.15) is 0 Å². The molecule has 0 fully saturated rings. The molecule has 2 aromatic rings. The van der Waals surface area contributed by atoms with Crippen LogP contribution in [0.3, 0.4) is 0 Å². The summed E-state index contributed by atoms with van der Waals surface area (Å²) in [4.78, 5) is 0.151. The van der Waals surface area contributed by atoms with Crippen molar-refractivity contribution >= 4 is 70.7 Å². The molecule has 0 N–H and O–H groups in total. The first kappa shape index (κ1) is 14.1. The Morgan fingerprint density at radius 2 is 1.94 bits per heavy atom. The maximum absolute atomic E-state index is 6.15. The maximum Gasteiger partial charge on any atom is 0.0757 e. The summed E-state index contributed by atoms with van der Waals surface area (Å²) < 4.78 is 2.24. The largest absolute Gasteiger partial charge is 0.121 e. The predicted molar refractivity (Wildman–Crippen MR) is 86.7 cm³/mol. The number of halogens is 4. The zero-order valence-electron chi connectivity index (χ0n) is 8.81. The molecule has 1 aromatic heterocycles. The highest BCUT2D eigenvalue weighted by molar-refractivity contribution is 9.12. The highest BCUT2D eigenvalue weighted by Gasteiger charge is 2.18. The maximum atomic E-state index is 6.15. The number of hydrogen-bond donors (Lipinski definition) is 0. The summed E-state index contributed by atoms with van der Waals surface area (Å²) in [5.74, 6) is 0. The minimum atomic E-state index is 0.151. The van der Waals surface area contributed by atoms with Gasteiger partial charge < -0.3 is 0 Å². The van der Waals surface area contributed by atoms with E-state index >= 15 is 0 Å². The van der Waals surface area contributed by atoms with E-state index in [1.165, 1.54) is 11.1 Å². The van der Waals surface area contributed by atoms with E-state index in [2.05, 4.69) is 59.9 Å². The molecule has 0 saturated carbocycles. The Labute approximate surface area is 135 Å².